The van der Waals surface area contributed by atoms with Crippen LogP contribution in [0.4, 0.5) is 0 Å². The Morgan fingerprint density at radius 3 is 1.86 bits per heavy atom. The summed E-state index contributed by atoms with van der Waals surface area (Å²) in [4.78, 5) is 0. The molecule has 3 heteroatoms. The topological polar surface area (TPSA) is 26.0 Å². The summed E-state index contributed by atoms with van der Waals surface area (Å²) in [6, 6.07) is 0. The van der Waals surface area contributed by atoms with E-state index in [4.69, 9.17) is 5.73 Å². The van der Waals surface area contributed by atoms with Crippen LogP contribution in [0.25, 0.3) is 0 Å². The first-order chi connectivity index (χ1) is 2.41. The van der Waals surface area contributed by atoms with Crippen LogP contribution in [0.5, 0.6) is 0 Å². The van der Waals surface area contributed by atoms with Crippen LogP contribution in [0.15, 0.2) is 0 Å². The predicted octanol–water partition coefficient (Wildman–Crippen LogP) is 0.942. The largest absolute Gasteiger partial charge is 0.330 e. The van der Waals surface area contributed by atoms with E-state index < -0.39 is 0 Å². The van der Waals surface area contributed by atoms with Crippen LogP contribution < -0.4 is 5.73 Å². The minimum Gasteiger partial charge on any atom is -0.330 e. The van der Waals surface area contributed by atoms with Crippen LogP contribution in [-0.2, 0) is 0 Å². The zero-order valence-corrected chi connectivity index (χ0v) is 10.2. The Morgan fingerprint density at radius 1 is 1.43 bits per heavy atom. The van der Waals surface area contributed by atoms with E-state index in [-0.39, 0.29) is 44.3 Å². The minimum atomic E-state index is 0. The molecule has 0 aromatic rings. The molecule has 0 saturated heterocycles. The smallest absolute Gasteiger partial charge is 0 e. The van der Waals surface area contributed by atoms with E-state index in [0.717, 1.165) is 6.54 Å². The predicted molar refractivity (Wildman–Crippen MR) is 40.0 cm³/mol. The quantitative estimate of drug-likeness (QED) is 0.728. The molecule has 0 rings (SSSR count). The second kappa shape index (κ2) is 15.7. The fraction of sp³-hybridized carbons (Fsp3) is 1.00. The van der Waals surface area contributed by atoms with E-state index in [0.29, 0.717) is 0 Å². The zero-order chi connectivity index (χ0) is 4.12. The maximum atomic E-state index is 5.14. The molecule has 0 aliphatic heterocycles. The summed E-state index contributed by atoms with van der Waals surface area (Å²) in [5.41, 5.74) is 5.14. The van der Waals surface area contributed by atoms with E-state index in [9.17, 15) is 0 Å². The number of nitrogens with two attached hydrogens (primary N) is 1. The van der Waals surface area contributed by atoms with Gasteiger partial charge >= 0.3 is 0 Å². The molecular weight excluding hydrogens is 349 g/mol. The van der Waals surface area contributed by atoms with Gasteiger partial charge in [-0.2, -0.15) is 0 Å². The Balaban J connectivity index is -0.0000000800. The Labute approximate surface area is 76.0 Å². The first kappa shape index (κ1) is 15.8. The van der Waals surface area contributed by atoms with E-state index in [1.807, 2.05) is 0 Å². The first-order valence-corrected chi connectivity index (χ1v) is 2.12. The molecule has 0 aromatic carbocycles. The minimum absolute atomic E-state index is 0. The summed E-state index contributed by atoms with van der Waals surface area (Å²) in [7, 11) is 0. The van der Waals surface area contributed by atoms with Crippen LogP contribution in [0.2, 0.25) is 0 Å². The van der Waals surface area contributed by atoms with E-state index in [1.54, 1.807) is 0 Å². The van der Waals surface area contributed by atoms with Gasteiger partial charge in [0.25, 0.3) is 0 Å². The van der Waals surface area contributed by atoms with Crippen LogP contribution in [0, 0.1) is 0 Å². The molecule has 0 aliphatic rings. The van der Waals surface area contributed by atoms with Crippen molar-refractivity contribution >= 4 is 44.3 Å². The van der Waals surface area contributed by atoms with E-state index in [2.05, 4.69) is 6.92 Å². The molecule has 0 atom stereocenters. The van der Waals surface area contributed by atoms with Crippen LogP contribution in [0.1, 0.15) is 19.8 Å². The van der Waals surface area contributed by atoms with Gasteiger partial charge in [0.1, 0.15) is 0 Å². The molecule has 0 heterocycles. The molecule has 0 aliphatic carbocycles. The molecule has 0 unspecified atom stereocenters. The molecule has 2 N–H and O–H groups in total. The van der Waals surface area contributed by atoms with Gasteiger partial charge in [0.05, 0.1) is 0 Å². The van der Waals surface area contributed by atoms with Gasteiger partial charge in [0.15, 0.2) is 0 Å². The van der Waals surface area contributed by atoms with Gasteiger partial charge in [-0.25, -0.2) is 0 Å². The third-order valence-electron chi connectivity index (χ3n) is 0.558. The van der Waals surface area contributed by atoms with Crippen molar-refractivity contribution in [1.82, 2.24) is 0 Å². The number of hydrogen-bond donors (Lipinski definition) is 1. The molecule has 4 radical (unpaired) electrons. The van der Waals surface area contributed by atoms with Crippen molar-refractivity contribution in [3.8, 4) is 0 Å². The number of halogens is 1. The molecule has 0 bridgehead atoms. The molecular formula is C4H12BrNPb. The maximum Gasteiger partial charge on any atom is 0 e. The molecule has 7 heavy (non-hydrogen) atoms. The maximum absolute atomic E-state index is 5.14. The summed E-state index contributed by atoms with van der Waals surface area (Å²) in [6.07, 6.45) is 2.39. The SMILES string of the molecule is Br.CCCCN.[Pb]. The zero-order valence-electron chi connectivity index (χ0n) is 4.61. The second-order valence-electron chi connectivity index (χ2n) is 1.14. The summed E-state index contributed by atoms with van der Waals surface area (Å²) in [5, 5.41) is 0. The average Bonchev–Trinajstić information content (AvgIpc) is 1.41. The summed E-state index contributed by atoms with van der Waals surface area (Å²) in [5.74, 6) is 0. The van der Waals surface area contributed by atoms with Gasteiger partial charge < -0.3 is 5.73 Å². The molecule has 0 saturated carbocycles. The summed E-state index contributed by atoms with van der Waals surface area (Å²) < 4.78 is 0. The van der Waals surface area contributed by atoms with Crippen LogP contribution in [0.3, 0.4) is 0 Å². The van der Waals surface area contributed by atoms with Gasteiger partial charge in [0.2, 0.25) is 0 Å². The number of unbranched alkanes of at least 4 members (excludes halogenated alkanes) is 1. The van der Waals surface area contributed by atoms with E-state index >= 15 is 0 Å². The van der Waals surface area contributed by atoms with Crippen molar-refractivity contribution in [2.24, 2.45) is 5.73 Å². The molecule has 0 spiro atoms. The monoisotopic (exact) mass is 361 g/mol. The van der Waals surface area contributed by atoms with Gasteiger partial charge in [-0.3, -0.25) is 0 Å². The fourth-order valence-corrected chi connectivity index (χ4v) is 0.204. The van der Waals surface area contributed by atoms with Crippen molar-refractivity contribution < 1.29 is 0 Å². The third-order valence-corrected chi connectivity index (χ3v) is 0.558. The van der Waals surface area contributed by atoms with Crippen LogP contribution in [-0.4, -0.2) is 33.8 Å². The standard InChI is InChI=1S/C4H11N.BrH.Pb/c1-2-3-4-5;;/h2-5H2,1H3;1H;. The van der Waals surface area contributed by atoms with Crippen molar-refractivity contribution in [2.75, 3.05) is 6.54 Å². The Bertz CT molecular complexity index is 19.2. The molecule has 1 nitrogen and oxygen atoms in total. The first-order valence-electron chi connectivity index (χ1n) is 2.12. The van der Waals surface area contributed by atoms with Gasteiger partial charge in [-0.15, -0.1) is 17.0 Å². The summed E-state index contributed by atoms with van der Waals surface area (Å²) >= 11 is 0. The van der Waals surface area contributed by atoms with Crippen molar-refractivity contribution in [3.63, 3.8) is 0 Å². The molecule has 0 fully saturated rings. The Hall–Kier alpha value is 1.36. The average molecular weight is 361 g/mol. The number of hydrogen-bond acceptors (Lipinski definition) is 1. The summed E-state index contributed by atoms with van der Waals surface area (Å²) in [6.45, 7) is 2.98. The third kappa shape index (κ3) is 18.7. The van der Waals surface area contributed by atoms with E-state index in [1.165, 1.54) is 12.8 Å². The van der Waals surface area contributed by atoms with Gasteiger partial charge in [-0.1, -0.05) is 13.3 Å². The van der Waals surface area contributed by atoms with Gasteiger partial charge in [0, 0.05) is 27.3 Å². The fourth-order valence-electron chi connectivity index (χ4n) is 0.204. The molecule has 0 aromatic heterocycles. The van der Waals surface area contributed by atoms with Crippen molar-refractivity contribution in [3.05, 3.63) is 0 Å². The van der Waals surface area contributed by atoms with Crippen LogP contribution >= 0.6 is 17.0 Å². The molecule has 44 valence electrons. The van der Waals surface area contributed by atoms with Crippen molar-refractivity contribution in [2.45, 2.75) is 19.8 Å². The molecule has 0 amide bonds. The number of rotatable bonds is 2. The Morgan fingerprint density at radius 2 is 1.86 bits per heavy atom. The van der Waals surface area contributed by atoms with Gasteiger partial charge in [-0.05, 0) is 13.0 Å². The Kier molecular flexibility index (Phi) is 35.3. The normalized spacial score (nSPS) is 6.00. The second-order valence-corrected chi connectivity index (χ2v) is 1.14. The van der Waals surface area contributed by atoms with Crippen molar-refractivity contribution in [1.29, 1.82) is 0 Å².